The van der Waals surface area contributed by atoms with E-state index in [2.05, 4.69) is 11.8 Å². The normalized spacial score (nSPS) is 38.4. The molecule has 1 aliphatic carbocycles. The van der Waals surface area contributed by atoms with Crippen molar-refractivity contribution in [3.63, 3.8) is 0 Å². The van der Waals surface area contributed by atoms with Gasteiger partial charge in [0.25, 0.3) is 0 Å². The van der Waals surface area contributed by atoms with E-state index in [0.717, 1.165) is 24.5 Å². The summed E-state index contributed by atoms with van der Waals surface area (Å²) in [4.78, 5) is 2.78. The first-order chi connectivity index (χ1) is 7.31. The summed E-state index contributed by atoms with van der Waals surface area (Å²) in [6.07, 6.45) is 9.79. The van der Waals surface area contributed by atoms with Gasteiger partial charge in [0, 0.05) is 12.1 Å². The molecule has 2 aliphatic rings. The van der Waals surface area contributed by atoms with Crippen LogP contribution in [0.3, 0.4) is 0 Å². The molecule has 1 saturated carbocycles. The van der Waals surface area contributed by atoms with Crippen molar-refractivity contribution in [2.75, 3.05) is 13.1 Å². The summed E-state index contributed by atoms with van der Waals surface area (Å²) in [5, 5.41) is 0. The molecule has 0 aromatic rings. The van der Waals surface area contributed by atoms with Crippen molar-refractivity contribution in [3.05, 3.63) is 0 Å². The molecule has 0 spiro atoms. The van der Waals surface area contributed by atoms with Gasteiger partial charge in [0.15, 0.2) is 0 Å². The molecule has 2 nitrogen and oxygen atoms in total. The highest BCUT2D eigenvalue weighted by Gasteiger charge is 2.32. The molecule has 0 bridgehead atoms. The van der Waals surface area contributed by atoms with Crippen LogP contribution in [0.25, 0.3) is 0 Å². The monoisotopic (exact) mass is 210 g/mol. The molecule has 3 unspecified atom stereocenters. The minimum absolute atomic E-state index is 0.834. The first kappa shape index (κ1) is 11.4. The van der Waals surface area contributed by atoms with Crippen LogP contribution >= 0.6 is 0 Å². The van der Waals surface area contributed by atoms with Crippen molar-refractivity contribution in [2.45, 2.75) is 64.0 Å². The third-order valence-corrected chi connectivity index (χ3v) is 4.41. The lowest BCUT2D eigenvalue weighted by atomic mass is 9.99. The van der Waals surface area contributed by atoms with Crippen LogP contribution < -0.4 is 5.73 Å². The Labute approximate surface area is 94.2 Å². The van der Waals surface area contributed by atoms with Crippen LogP contribution in [-0.4, -0.2) is 30.1 Å². The molecule has 2 N–H and O–H groups in total. The molecule has 0 aromatic heterocycles. The van der Waals surface area contributed by atoms with Crippen LogP contribution in [0.2, 0.25) is 0 Å². The SMILES string of the molecule is CC1CCCCN1C1CCC(CCN)C1. The zero-order chi connectivity index (χ0) is 10.7. The maximum atomic E-state index is 5.65. The standard InChI is InChI=1S/C13H26N2/c1-11-4-2-3-9-15(11)13-6-5-12(10-13)7-8-14/h11-13H,2-10,14H2,1H3. The molecular formula is C13H26N2. The van der Waals surface area contributed by atoms with Crippen LogP contribution in [0.15, 0.2) is 0 Å². The van der Waals surface area contributed by atoms with Gasteiger partial charge in [-0.15, -0.1) is 0 Å². The topological polar surface area (TPSA) is 29.3 Å². The molecule has 2 fully saturated rings. The largest absolute Gasteiger partial charge is 0.330 e. The molecular weight excluding hydrogens is 184 g/mol. The quantitative estimate of drug-likeness (QED) is 0.775. The second-order valence-electron chi connectivity index (χ2n) is 5.49. The Morgan fingerprint density at radius 2 is 2.07 bits per heavy atom. The number of nitrogens with two attached hydrogens (primary N) is 1. The molecule has 0 aromatic carbocycles. The van der Waals surface area contributed by atoms with E-state index in [1.165, 1.54) is 51.5 Å². The third-order valence-electron chi connectivity index (χ3n) is 4.41. The number of hydrogen-bond acceptors (Lipinski definition) is 2. The Morgan fingerprint density at radius 3 is 2.80 bits per heavy atom. The zero-order valence-electron chi connectivity index (χ0n) is 10.1. The van der Waals surface area contributed by atoms with Gasteiger partial charge < -0.3 is 5.73 Å². The van der Waals surface area contributed by atoms with Gasteiger partial charge in [0.2, 0.25) is 0 Å². The van der Waals surface area contributed by atoms with Crippen molar-refractivity contribution < 1.29 is 0 Å². The third kappa shape index (κ3) is 2.73. The first-order valence-corrected chi connectivity index (χ1v) is 6.77. The average molecular weight is 210 g/mol. The van der Waals surface area contributed by atoms with Crippen LogP contribution in [0.5, 0.6) is 0 Å². The fraction of sp³-hybridized carbons (Fsp3) is 1.00. The van der Waals surface area contributed by atoms with Crippen molar-refractivity contribution in [3.8, 4) is 0 Å². The van der Waals surface area contributed by atoms with Gasteiger partial charge in [-0.1, -0.05) is 6.42 Å². The lowest BCUT2D eigenvalue weighted by molar-refractivity contribution is 0.105. The van der Waals surface area contributed by atoms with Gasteiger partial charge in [-0.25, -0.2) is 0 Å². The molecule has 0 amide bonds. The van der Waals surface area contributed by atoms with E-state index in [1.54, 1.807) is 0 Å². The summed E-state index contributed by atoms with van der Waals surface area (Å²) < 4.78 is 0. The minimum Gasteiger partial charge on any atom is -0.330 e. The highest BCUT2D eigenvalue weighted by molar-refractivity contribution is 4.87. The molecule has 2 rings (SSSR count). The van der Waals surface area contributed by atoms with E-state index in [1.807, 2.05) is 0 Å². The Hall–Kier alpha value is -0.0800. The highest BCUT2D eigenvalue weighted by Crippen LogP contribution is 2.34. The van der Waals surface area contributed by atoms with Crippen molar-refractivity contribution >= 4 is 0 Å². The molecule has 1 heterocycles. The first-order valence-electron chi connectivity index (χ1n) is 6.77. The number of likely N-dealkylation sites (tertiary alicyclic amines) is 1. The van der Waals surface area contributed by atoms with Crippen LogP contribution in [0, 0.1) is 5.92 Å². The summed E-state index contributed by atoms with van der Waals surface area (Å²) in [6.45, 7) is 4.64. The number of piperidine rings is 1. The van der Waals surface area contributed by atoms with Crippen LogP contribution in [0.1, 0.15) is 51.9 Å². The number of nitrogens with zero attached hydrogens (tertiary/aromatic N) is 1. The summed E-state index contributed by atoms with van der Waals surface area (Å²) in [6, 6.07) is 1.72. The van der Waals surface area contributed by atoms with Crippen LogP contribution in [-0.2, 0) is 0 Å². The summed E-state index contributed by atoms with van der Waals surface area (Å²) in [5.41, 5.74) is 5.65. The smallest absolute Gasteiger partial charge is 0.0101 e. The number of rotatable bonds is 3. The predicted octanol–water partition coefficient (Wildman–Crippen LogP) is 2.38. The Bertz CT molecular complexity index is 193. The molecule has 88 valence electrons. The lowest BCUT2D eigenvalue weighted by Crippen LogP contribution is -2.43. The van der Waals surface area contributed by atoms with E-state index in [0.29, 0.717) is 0 Å². The molecule has 1 saturated heterocycles. The van der Waals surface area contributed by atoms with E-state index in [4.69, 9.17) is 5.73 Å². The maximum absolute atomic E-state index is 5.65. The fourth-order valence-electron chi connectivity index (χ4n) is 3.51. The lowest BCUT2D eigenvalue weighted by Gasteiger charge is -2.38. The number of hydrogen-bond donors (Lipinski definition) is 1. The van der Waals surface area contributed by atoms with Gasteiger partial charge in [0.05, 0.1) is 0 Å². The van der Waals surface area contributed by atoms with Crippen molar-refractivity contribution in [1.29, 1.82) is 0 Å². The minimum atomic E-state index is 0.834. The van der Waals surface area contributed by atoms with Gasteiger partial charge in [-0.05, 0) is 64.5 Å². The van der Waals surface area contributed by atoms with Crippen LogP contribution in [0.4, 0.5) is 0 Å². The van der Waals surface area contributed by atoms with E-state index < -0.39 is 0 Å². The van der Waals surface area contributed by atoms with Crippen molar-refractivity contribution in [2.24, 2.45) is 11.7 Å². The molecule has 1 aliphatic heterocycles. The Balaban J connectivity index is 1.83. The average Bonchev–Trinajstić information content (AvgIpc) is 2.68. The summed E-state index contributed by atoms with van der Waals surface area (Å²) >= 11 is 0. The summed E-state index contributed by atoms with van der Waals surface area (Å²) in [7, 11) is 0. The van der Waals surface area contributed by atoms with Crippen molar-refractivity contribution in [1.82, 2.24) is 4.90 Å². The molecule has 0 radical (unpaired) electrons. The molecule has 2 heteroatoms. The zero-order valence-corrected chi connectivity index (χ0v) is 10.1. The predicted molar refractivity (Wildman–Crippen MR) is 64.8 cm³/mol. The van der Waals surface area contributed by atoms with E-state index >= 15 is 0 Å². The maximum Gasteiger partial charge on any atom is 0.0101 e. The Kier molecular flexibility index (Phi) is 4.04. The summed E-state index contributed by atoms with van der Waals surface area (Å²) in [5.74, 6) is 0.925. The highest BCUT2D eigenvalue weighted by atomic mass is 15.2. The van der Waals surface area contributed by atoms with E-state index in [-0.39, 0.29) is 0 Å². The second kappa shape index (κ2) is 5.31. The molecule has 3 atom stereocenters. The fourth-order valence-corrected chi connectivity index (χ4v) is 3.51. The second-order valence-corrected chi connectivity index (χ2v) is 5.49. The van der Waals surface area contributed by atoms with Gasteiger partial charge in [-0.3, -0.25) is 4.90 Å². The molecule has 15 heavy (non-hydrogen) atoms. The van der Waals surface area contributed by atoms with Gasteiger partial charge in [-0.2, -0.15) is 0 Å². The van der Waals surface area contributed by atoms with Gasteiger partial charge >= 0.3 is 0 Å². The van der Waals surface area contributed by atoms with E-state index in [9.17, 15) is 0 Å². The van der Waals surface area contributed by atoms with Gasteiger partial charge in [0.1, 0.15) is 0 Å². The Morgan fingerprint density at radius 1 is 1.20 bits per heavy atom.